The zero-order valence-electron chi connectivity index (χ0n) is 11.6. The van der Waals surface area contributed by atoms with Crippen LogP contribution in [-0.4, -0.2) is 29.8 Å². The molecular formula is C12H26N2O2. The maximum Gasteiger partial charge on any atom is 0.407 e. The van der Waals surface area contributed by atoms with Crippen LogP contribution in [-0.2, 0) is 4.74 Å². The number of rotatable bonds is 3. The van der Waals surface area contributed by atoms with E-state index in [0.717, 1.165) is 6.54 Å². The Morgan fingerprint density at radius 1 is 1.19 bits per heavy atom. The first-order valence-electron chi connectivity index (χ1n) is 5.74. The van der Waals surface area contributed by atoms with Crippen molar-refractivity contribution in [2.24, 2.45) is 0 Å². The SMILES string of the molecule is CC(CNC(C)(C)C)NC(=O)OC(C)(C)C. The minimum Gasteiger partial charge on any atom is -0.444 e. The number of hydrogen-bond acceptors (Lipinski definition) is 3. The lowest BCUT2D eigenvalue weighted by atomic mass is 10.1. The highest BCUT2D eigenvalue weighted by atomic mass is 16.6. The molecule has 0 spiro atoms. The van der Waals surface area contributed by atoms with E-state index in [9.17, 15) is 4.79 Å². The normalized spacial score (nSPS) is 14.4. The average Bonchev–Trinajstić information content (AvgIpc) is 1.95. The quantitative estimate of drug-likeness (QED) is 0.782. The van der Waals surface area contributed by atoms with E-state index in [1.165, 1.54) is 0 Å². The predicted octanol–water partition coefficient (Wildman–Crippen LogP) is 2.29. The number of carbonyl (C=O) groups excluding carboxylic acids is 1. The van der Waals surface area contributed by atoms with Crippen LogP contribution < -0.4 is 10.6 Å². The molecule has 0 heterocycles. The van der Waals surface area contributed by atoms with Crippen molar-refractivity contribution >= 4 is 6.09 Å². The molecule has 1 amide bonds. The fourth-order valence-electron chi connectivity index (χ4n) is 1.02. The summed E-state index contributed by atoms with van der Waals surface area (Å²) in [5.41, 5.74) is -0.384. The Balaban J connectivity index is 3.88. The van der Waals surface area contributed by atoms with Gasteiger partial charge in [-0.15, -0.1) is 0 Å². The number of ether oxygens (including phenoxy) is 1. The molecule has 0 radical (unpaired) electrons. The van der Waals surface area contributed by atoms with Gasteiger partial charge < -0.3 is 15.4 Å². The Morgan fingerprint density at radius 2 is 1.69 bits per heavy atom. The Labute approximate surface area is 99.1 Å². The second-order valence-corrected chi connectivity index (χ2v) is 6.18. The maximum absolute atomic E-state index is 11.4. The van der Waals surface area contributed by atoms with Gasteiger partial charge >= 0.3 is 6.09 Å². The maximum atomic E-state index is 11.4. The van der Waals surface area contributed by atoms with Crippen LogP contribution >= 0.6 is 0 Å². The van der Waals surface area contributed by atoms with Crippen molar-refractivity contribution in [1.82, 2.24) is 10.6 Å². The molecule has 4 heteroatoms. The molecule has 0 fully saturated rings. The van der Waals surface area contributed by atoms with Crippen molar-refractivity contribution in [2.75, 3.05) is 6.54 Å². The molecule has 1 unspecified atom stereocenters. The molecule has 4 nitrogen and oxygen atoms in total. The van der Waals surface area contributed by atoms with Gasteiger partial charge in [0.2, 0.25) is 0 Å². The third-order valence-corrected chi connectivity index (χ3v) is 1.70. The lowest BCUT2D eigenvalue weighted by molar-refractivity contribution is 0.0506. The van der Waals surface area contributed by atoms with Crippen molar-refractivity contribution in [1.29, 1.82) is 0 Å². The summed E-state index contributed by atoms with van der Waals surface area (Å²) >= 11 is 0. The smallest absolute Gasteiger partial charge is 0.407 e. The molecule has 0 rings (SSSR count). The minimum atomic E-state index is -0.443. The lowest BCUT2D eigenvalue weighted by Gasteiger charge is -2.25. The van der Waals surface area contributed by atoms with E-state index in [1.54, 1.807) is 0 Å². The largest absolute Gasteiger partial charge is 0.444 e. The molecule has 0 aliphatic carbocycles. The summed E-state index contributed by atoms with van der Waals surface area (Å²) in [7, 11) is 0. The molecule has 1 atom stereocenters. The number of amides is 1. The second kappa shape index (κ2) is 5.53. The van der Waals surface area contributed by atoms with Crippen molar-refractivity contribution in [3.8, 4) is 0 Å². The van der Waals surface area contributed by atoms with Crippen LogP contribution in [0.5, 0.6) is 0 Å². The summed E-state index contributed by atoms with van der Waals surface area (Å²) in [6.45, 7) is 14.5. The van der Waals surface area contributed by atoms with Crippen molar-refractivity contribution < 1.29 is 9.53 Å². The standard InChI is InChI=1S/C12H26N2O2/c1-9(8-13-11(2,3)4)14-10(15)16-12(5,6)7/h9,13H,8H2,1-7H3,(H,14,15). The van der Waals surface area contributed by atoms with Gasteiger partial charge in [0, 0.05) is 18.1 Å². The van der Waals surface area contributed by atoms with Gasteiger partial charge in [-0.2, -0.15) is 0 Å². The number of nitrogens with one attached hydrogen (secondary N) is 2. The summed E-state index contributed by atoms with van der Waals surface area (Å²) in [5.74, 6) is 0. The Hall–Kier alpha value is -0.770. The van der Waals surface area contributed by atoms with Crippen molar-refractivity contribution in [3.63, 3.8) is 0 Å². The van der Waals surface area contributed by atoms with Crippen LogP contribution in [0, 0.1) is 0 Å². The van der Waals surface area contributed by atoms with Gasteiger partial charge in [0.1, 0.15) is 5.60 Å². The molecule has 0 aliphatic heterocycles. The summed E-state index contributed by atoms with van der Waals surface area (Å²) in [6.07, 6.45) is -0.365. The van der Waals surface area contributed by atoms with Gasteiger partial charge in [-0.1, -0.05) is 0 Å². The van der Waals surface area contributed by atoms with Crippen molar-refractivity contribution in [2.45, 2.75) is 65.6 Å². The monoisotopic (exact) mass is 230 g/mol. The third kappa shape index (κ3) is 9.77. The highest BCUT2D eigenvalue weighted by Crippen LogP contribution is 2.06. The summed E-state index contributed by atoms with van der Waals surface area (Å²) < 4.78 is 5.16. The van der Waals surface area contributed by atoms with Crippen LogP contribution in [0.2, 0.25) is 0 Å². The molecule has 0 aromatic rings. The van der Waals surface area contributed by atoms with E-state index in [0.29, 0.717) is 0 Å². The Morgan fingerprint density at radius 3 is 2.06 bits per heavy atom. The molecule has 2 N–H and O–H groups in total. The number of hydrogen-bond donors (Lipinski definition) is 2. The van der Waals surface area contributed by atoms with Crippen LogP contribution in [0.25, 0.3) is 0 Å². The lowest BCUT2D eigenvalue weighted by Crippen LogP contribution is -2.47. The minimum absolute atomic E-state index is 0.0501. The molecule has 96 valence electrons. The molecule has 0 aliphatic rings. The van der Waals surface area contributed by atoms with E-state index < -0.39 is 5.60 Å². The van der Waals surface area contributed by atoms with Gasteiger partial charge in [-0.3, -0.25) is 0 Å². The van der Waals surface area contributed by atoms with Crippen LogP contribution in [0.15, 0.2) is 0 Å². The molecule has 0 bridgehead atoms. The first kappa shape index (κ1) is 15.2. The number of carbonyl (C=O) groups is 1. The zero-order chi connectivity index (χ0) is 13.0. The van der Waals surface area contributed by atoms with Gasteiger partial charge in [-0.25, -0.2) is 4.79 Å². The van der Waals surface area contributed by atoms with E-state index in [-0.39, 0.29) is 17.7 Å². The topological polar surface area (TPSA) is 50.4 Å². The summed E-state index contributed by atoms with van der Waals surface area (Å²) in [5, 5.41) is 6.10. The summed E-state index contributed by atoms with van der Waals surface area (Å²) in [4.78, 5) is 11.4. The van der Waals surface area contributed by atoms with Crippen molar-refractivity contribution in [3.05, 3.63) is 0 Å². The highest BCUT2D eigenvalue weighted by Gasteiger charge is 2.18. The zero-order valence-corrected chi connectivity index (χ0v) is 11.6. The number of alkyl carbamates (subject to hydrolysis) is 1. The highest BCUT2D eigenvalue weighted by molar-refractivity contribution is 5.68. The molecule has 16 heavy (non-hydrogen) atoms. The molecular weight excluding hydrogens is 204 g/mol. The molecule has 0 saturated carbocycles. The third-order valence-electron chi connectivity index (χ3n) is 1.70. The van der Waals surface area contributed by atoms with E-state index in [2.05, 4.69) is 31.4 Å². The van der Waals surface area contributed by atoms with Crippen LogP contribution in [0.1, 0.15) is 48.5 Å². The van der Waals surface area contributed by atoms with E-state index in [4.69, 9.17) is 4.74 Å². The van der Waals surface area contributed by atoms with E-state index in [1.807, 2.05) is 27.7 Å². The van der Waals surface area contributed by atoms with Gasteiger partial charge in [0.25, 0.3) is 0 Å². The van der Waals surface area contributed by atoms with E-state index >= 15 is 0 Å². The first-order chi connectivity index (χ1) is 6.99. The Kier molecular flexibility index (Phi) is 5.26. The first-order valence-corrected chi connectivity index (χ1v) is 5.74. The second-order valence-electron chi connectivity index (χ2n) is 6.18. The van der Waals surface area contributed by atoms with Crippen LogP contribution in [0.4, 0.5) is 4.79 Å². The van der Waals surface area contributed by atoms with Gasteiger partial charge in [0.05, 0.1) is 0 Å². The fourth-order valence-corrected chi connectivity index (χ4v) is 1.02. The molecule has 0 aromatic carbocycles. The van der Waals surface area contributed by atoms with Gasteiger partial charge in [0.15, 0.2) is 0 Å². The summed E-state index contributed by atoms with van der Waals surface area (Å²) in [6, 6.07) is 0.0501. The molecule has 0 saturated heterocycles. The molecule has 0 aromatic heterocycles. The Bertz CT molecular complexity index is 226. The predicted molar refractivity (Wildman–Crippen MR) is 66.6 cm³/mol. The van der Waals surface area contributed by atoms with Crippen LogP contribution in [0.3, 0.4) is 0 Å². The fraction of sp³-hybridized carbons (Fsp3) is 0.917. The van der Waals surface area contributed by atoms with Gasteiger partial charge in [-0.05, 0) is 48.5 Å². The average molecular weight is 230 g/mol.